The van der Waals surface area contributed by atoms with Crippen LogP contribution in [0.3, 0.4) is 0 Å². The standard InChI is InChI=1S/C11H16BrNO/c1-9(2)5-4-8-14-10-6-3-7-13-11(10)12/h3,6-7,9H,4-5,8H2,1-2H3. The van der Waals surface area contributed by atoms with Crippen molar-refractivity contribution in [1.29, 1.82) is 0 Å². The molecule has 0 spiro atoms. The van der Waals surface area contributed by atoms with Crippen molar-refractivity contribution in [3.63, 3.8) is 0 Å². The molecule has 0 bridgehead atoms. The summed E-state index contributed by atoms with van der Waals surface area (Å²) in [4.78, 5) is 4.08. The molecular formula is C11H16BrNO. The van der Waals surface area contributed by atoms with Crippen molar-refractivity contribution in [1.82, 2.24) is 4.98 Å². The summed E-state index contributed by atoms with van der Waals surface area (Å²) in [5.41, 5.74) is 0. The van der Waals surface area contributed by atoms with Crippen LogP contribution in [0.1, 0.15) is 26.7 Å². The molecule has 1 aromatic rings. The number of hydrogen-bond donors (Lipinski definition) is 0. The van der Waals surface area contributed by atoms with E-state index in [4.69, 9.17) is 4.74 Å². The molecule has 0 aliphatic rings. The van der Waals surface area contributed by atoms with E-state index in [1.54, 1.807) is 6.20 Å². The lowest BCUT2D eigenvalue weighted by atomic mass is 10.1. The predicted molar refractivity (Wildman–Crippen MR) is 61.5 cm³/mol. The van der Waals surface area contributed by atoms with Crippen LogP contribution in [0.4, 0.5) is 0 Å². The lowest BCUT2D eigenvalue weighted by Gasteiger charge is -2.08. The van der Waals surface area contributed by atoms with E-state index >= 15 is 0 Å². The van der Waals surface area contributed by atoms with Crippen LogP contribution >= 0.6 is 15.9 Å². The van der Waals surface area contributed by atoms with Gasteiger partial charge >= 0.3 is 0 Å². The first-order valence-electron chi connectivity index (χ1n) is 4.93. The van der Waals surface area contributed by atoms with Gasteiger partial charge in [0.1, 0.15) is 4.60 Å². The molecule has 1 aromatic heterocycles. The molecule has 0 radical (unpaired) electrons. The van der Waals surface area contributed by atoms with Gasteiger partial charge in [-0.2, -0.15) is 0 Å². The Kier molecular flexibility index (Phi) is 4.94. The minimum atomic E-state index is 0.746. The van der Waals surface area contributed by atoms with Crippen molar-refractivity contribution in [3.05, 3.63) is 22.9 Å². The Morgan fingerprint density at radius 1 is 1.50 bits per heavy atom. The minimum Gasteiger partial charge on any atom is -0.491 e. The third-order valence-corrected chi connectivity index (χ3v) is 2.50. The Hall–Kier alpha value is -0.570. The maximum Gasteiger partial charge on any atom is 0.152 e. The second-order valence-electron chi connectivity index (χ2n) is 3.68. The topological polar surface area (TPSA) is 22.1 Å². The molecule has 1 rings (SSSR count). The Balaban J connectivity index is 2.28. The van der Waals surface area contributed by atoms with Gasteiger partial charge in [0.25, 0.3) is 0 Å². The zero-order chi connectivity index (χ0) is 10.4. The zero-order valence-electron chi connectivity index (χ0n) is 8.66. The summed E-state index contributed by atoms with van der Waals surface area (Å²) >= 11 is 3.34. The Morgan fingerprint density at radius 2 is 2.29 bits per heavy atom. The number of rotatable bonds is 5. The van der Waals surface area contributed by atoms with E-state index in [1.165, 1.54) is 6.42 Å². The Morgan fingerprint density at radius 3 is 2.93 bits per heavy atom. The molecule has 14 heavy (non-hydrogen) atoms. The fraction of sp³-hybridized carbons (Fsp3) is 0.545. The molecule has 0 saturated heterocycles. The lowest BCUT2D eigenvalue weighted by molar-refractivity contribution is 0.295. The van der Waals surface area contributed by atoms with E-state index in [2.05, 4.69) is 34.8 Å². The summed E-state index contributed by atoms with van der Waals surface area (Å²) in [6, 6.07) is 3.80. The number of pyridine rings is 1. The first-order chi connectivity index (χ1) is 6.70. The van der Waals surface area contributed by atoms with Gasteiger partial charge in [-0.25, -0.2) is 4.98 Å². The SMILES string of the molecule is CC(C)CCCOc1cccnc1Br. The number of hydrogen-bond acceptors (Lipinski definition) is 2. The van der Waals surface area contributed by atoms with Crippen LogP contribution in [0.15, 0.2) is 22.9 Å². The average Bonchev–Trinajstić information content (AvgIpc) is 2.15. The maximum absolute atomic E-state index is 5.58. The zero-order valence-corrected chi connectivity index (χ0v) is 10.3. The van der Waals surface area contributed by atoms with Crippen molar-refractivity contribution in [3.8, 4) is 5.75 Å². The van der Waals surface area contributed by atoms with E-state index < -0.39 is 0 Å². The van der Waals surface area contributed by atoms with Crippen molar-refractivity contribution >= 4 is 15.9 Å². The molecule has 3 heteroatoms. The van der Waals surface area contributed by atoms with Crippen molar-refractivity contribution in [2.75, 3.05) is 6.61 Å². The van der Waals surface area contributed by atoms with Crippen LogP contribution in [0.25, 0.3) is 0 Å². The van der Waals surface area contributed by atoms with Gasteiger partial charge in [0.2, 0.25) is 0 Å². The van der Waals surface area contributed by atoms with Crippen LogP contribution in [-0.4, -0.2) is 11.6 Å². The highest BCUT2D eigenvalue weighted by atomic mass is 79.9. The molecule has 0 saturated carbocycles. The van der Waals surface area contributed by atoms with Gasteiger partial charge in [0.15, 0.2) is 5.75 Å². The third-order valence-electron chi connectivity index (χ3n) is 1.91. The molecule has 0 aliphatic carbocycles. The van der Waals surface area contributed by atoms with Gasteiger partial charge in [-0.15, -0.1) is 0 Å². The number of aromatic nitrogens is 1. The largest absolute Gasteiger partial charge is 0.491 e. The maximum atomic E-state index is 5.58. The molecule has 1 heterocycles. The fourth-order valence-corrected chi connectivity index (χ4v) is 1.52. The molecule has 0 N–H and O–H groups in total. The lowest BCUT2D eigenvalue weighted by Crippen LogP contribution is -2.00. The second kappa shape index (κ2) is 6.02. The Labute approximate surface area is 93.8 Å². The smallest absolute Gasteiger partial charge is 0.152 e. The normalized spacial score (nSPS) is 10.6. The molecule has 78 valence electrons. The van der Waals surface area contributed by atoms with E-state index in [0.29, 0.717) is 0 Å². The highest BCUT2D eigenvalue weighted by Gasteiger charge is 2.00. The highest BCUT2D eigenvalue weighted by molar-refractivity contribution is 9.10. The first kappa shape index (κ1) is 11.5. The molecule has 0 aliphatic heterocycles. The highest BCUT2D eigenvalue weighted by Crippen LogP contribution is 2.21. The summed E-state index contributed by atoms with van der Waals surface area (Å²) in [5.74, 6) is 1.58. The second-order valence-corrected chi connectivity index (χ2v) is 4.43. The number of ether oxygens (including phenoxy) is 1. The molecule has 0 fully saturated rings. The summed E-state index contributed by atoms with van der Waals surface area (Å²) in [7, 11) is 0. The van der Waals surface area contributed by atoms with E-state index in [-0.39, 0.29) is 0 Å². The van der Waals surface area contributed by atoms with Gasteiger partial charge in [-0.1, -0.05) is 13.8 Å². The molecule has 0 atom stereocenters. The van der Waals surface area contributed by atoms with Gasteiger partial charge in [-0.05, 0) is 46.8 Å². The summed E-state index contributed by atoms with van der Waals surface area (Å²) < 4.78 is 6.36. The van der Waals surface area contributed by atoms with Crippen LogP contribution in [-0.2, 0) is 0 Å². The van der Waals surface area contributed by atoms with Gasteiger partial charge < -0.3 is 4.74 Å². The van der Waals surface area contributed by atoms with Gasteiger partial charge in [0.05, 0.1) is 6.61 Å². The molecule has 0 unspecified atom stereocenters. The van der Waals surface area contributed by atoms with E-state index in [9.17, 15) is 0 Å². The molecule has 0 aromatic carbocycles. The van der Waals surface area contributed by atoms with E-state index in [1.807, 2.05) is 12.1 Å². The Bertz CT molecular complexity index is 276. The third kappa shape index (κ3) is 4.09. The van der Waals surface area contributed by atoms with Crippen LogP contribution in [0, 0.1) is 5.92 Å². The van der Waals surface area contributed by atoms with Crippen LogP contribution < -0.4 is 4.74 Å². The van der Waals surface area contributed by atoms with Crippen LogP contribution in [0.2, 0.25) is 0 Å². The first-order valence-corrected chi connectivity index (χ1v) is 5.72. The molecular weight excluding hydrogens is 242 g/mol. The van der Waals surface area contributed by atoms with Crippen molar-refractivity contribution < 1.29 is 4.74 Å². The number of nitrogens with zero attached hydrogens (tertiary/aromatic N) is 1. The van der Waals surface area contributed by atoms with Gasteiger partial charge in [0, 0.05) is 6.20 Å². The predicted octanol–water partition coefficient (Wildman–Crippen LogP) is 3.66. The average molecular weight is 258 g/mol. The summed E-state index contributed by atoms with van der Waals surface area (Å²) in [6.07, 6.45) is 4.04. The monoisotopic (exact) mass is 257 g/mol. The minimum absolute atomic E-state index is 0.746. The van der Waals surface area contributed by atoms with E-state index in [0.717, 1.165) is 29.3 Å². The quantitative estimate of drug-likeness (QED) is 0.594. The van der Waals surface area contributed by atoms with Crippen molar-refractivity contribution in [2.24, 2.45) is 5.92 Å². The van der Waals surface area contributed by atoms with Gasteiger partial charge in [-0.3, -0.25) is 0 Å². The number of halogens is 1. The van der Waals surface area contributed by atoms with Crippen molar-refractivity contribution in [2.45, 2.75) is 26.7 Å². The molecule has 0 amide bonds. The molecule has 2 nitrogen and oxygen atoms in total. The fourth-order valence-electron chi connectivity index (χ4n) is 1.15. The summed E-state index contributed by atoms with van der Waals surface area (Å²) in [6.45, 7) is 5.21. The van der Waals surface area contributed by atoms with Crippen LogP contribution in [0.5, 0.6) is 5.75 Å². The summed E-state index contributed by atoms with van der Waals surface area (Å²) in [5, 5.41) is 0.